The van der Waals surface area contributed by atoms with Crippen molar-refractivity contribution in [1.82, 2.24) is 0 Å². The third-order valence-corrected chi connectivity index (χ3v) is 3.37. The monoisotopic (exact) mass is 273 g/mol. The maximum atomic E-state index is 13.9. The molecule has 20 heavy (non-hydrogen) atoms. The first-order valence-electron chi connectivity index (χ1n) is 6.27. The lowest BCUT2D eigenvalue weighted by Gasteiger charge is -2.29. The summed E-state index contributed by atoms with van der Waals surface area (Å²) in [7, 11) is 0. The van der Waals surface area contributed by atoms with Crippen molar-refractivity contribution in [1.29, 1.82) is 0 Å². The standard InChI is InChI=1S/C16H16FNO2/c1-11-7-3-6-10-14(11)18-16(2,15(19)20)12-8-4-5-9-13(12)17/h3-10,18H,1-2H3,(H,19,20). The molecule has 0 aliphatic heterocycles. The Bertz CT molecular complexity index is 642. The molecule has 1 unspecified atom stereocenters. The molecule has 0 heterocycles. The number of hydrogen-bond donors (Lipinski definition) is 2. The molecule has 2 N–H and O–H groups in total. The number of aryl methyl sites for hydroxylation is 1. The first-order chi connectivity index (χ1) is 9.45. The summed E-state index contributed by atoms with van der Waals surface area (Å²) < 4.78 is 13.9. The summed E-state index contributed by atoms with van der Waals surface area (Å²) in [5.41, 5.74) is 0.144. The van der Waals surface area contributed by atoms with Crippen LogP contribution in [-0.4, -0.2) is 11.1 Å². The Balaban J connectivity index is 2.49. The molecule has 0 saturated heterocycles. The largest absolute Gasteiger partial charge is 0.479 e. The van der Waals surface area contributed by atoms with Crippen molar-refractivity contribution in [2.45, 2.75) is 19.4 Å². The number of carboxylic acids is 1. The highest BCUT2D eigenvalue weighted by molar-refractivity contribution is 5.84. The van der Waals surface area contributed by atoms with E-state index in [9.17, 15) is 14.3 Å². The van der Waals surface area contributed by atoms with Gasteiger partial charge in [-0.15, -0.1) is 0 Å². The summed E-state index contributed by atoms with van der Waals surface area (Å²) in [4.78, 5) is 11.7. The van der Waals surface area contributed by atoms with E-state index in [-0.39, 0.29) is 5.56 Å². The van der Waals surface area contributed by atoms with Gasteiger partial charge in [-0.1, -0.05) is 36.4 Å². The lowest BCUT2D eigenvalue weighted by molar-refractivity contribution is -0.142. The molecule has 1 atom stereocenters. The summed E-state index contributed by atoms with van der Waals surface area (Å²) in [6.45, 7) is 3.33. The minimum Gasteiger partial charge on any atom is -0.479 e. The first kappa shape index (κ1) is 14.1. The molecule has 2 aromatic carbocycles. The van der Waals surface area contributed by atoms with Gasteiger partial charge in [0.1, 0.15) is 5.82 Å². The minimum atomic E-state index is -1.53. The molecule has 0 bridgehead atoms. The fraction of sp³-hybridized carbons (Fsp3) is 0.188. The van der Waals surface area contributed by atoms with Gasteiger partial charge in [-0.25, -0.2) is 9.18 Å². The second kappa shape index (κ2) is 5.33. The molecule has 0 amide bonds. The zero-order valence-corrected chi connectivity index (χ0v) is 11.4. The maximum absolute atomic E-state index is 13.9. The third-order valence-electron chi connectivity index (χ3n) is 3.37. The van der Waals surface area contributed by atoms with E-state index in [1.54, 1.807) is 18.2 Å². The van der Waals surface area contributed by atoms with E-state index < -0.39 is 17.3 Å². The van der Waals surface area contributed by atoms with Crippen LogP contribution >= 0.6 is 0 Å². The first-order valence-corrected chi connectivity index (χ1v) is 6.27. The van der Waals surface area contributed by atoms with Gasteiger partial charge in [0, 0.05) is 11.3 Å². The number of benzene rings is 2. The van der Waals surface area contributed by atoms with Crippen LogP contribution in [0.2, 0.25) is 0 Å². The Labute approximate surface area is 117 Å². The second-order valence-electron chi connectivity index (χ2n) is 4.85. The molecule has 4 heteroatoms. The highest BCUT2D eigenvalue weighted by Crippen LogP contribution is 2.29. The van der Waals surface area contributed by atoms with Crippen molar-refractivity contribution in [3.8, 4) is 0 Å². The molecule has 0 fully saturated rings. The number of halogens is 1. The predicted octanol–water partition coefficient (Wildman–Crippen LogP) is 3.55. The zero-order chi connectivity index (χ0) is 14.8. The van der Waals surface area contributed by atoms with E-state index in [0.717, 1.165) is 5.56 Å². The van der Waals surface area contributed by atoms with Crippen molar-refractivity contribution >= 4 is 11.7 Å². The van der Waals surface area contributed by atoms with E-state index in [1.165, 1.54) is 25.1 Å². The van der Waals surface area contributed by atoms with Crippen molar-refractivity contribution in [3.05, 3.63) is 65.5 Å². The van der Waals surface area contributed by atoms with Gasteiger partial charge in [0.05, 0.1) is 0 Å². The topological polar surface area (TPSA) is 49.3 Å². The van der Waals surface area contributed by atoms with E-state index in [2.05, 4.69) is 5.32 Å². The van der Waals surface area contributed by atoms with Gasteiger partial charge in [-0.05, 0) is 31.5 Å². The normalized spacial score (nSPS) is 13.6. The molecule has 0 aliphatic carbocycles. The van der Waals surface area contributed by atoms with Crippen molar-refractivity contribution in [3.63, 3.8) is 0 Å². The number of aliphatic carboxylic acids is 1. The number of carbonyl (C=O) groups is 1. The number of para-hydroxylation sites is 1. The summed E-state index contributed by atoms with van der Waals surface area (Å²) in [5, 5.41) is 12.5. The van der Waals surface area contributed by atoms with Gasteiger partial charge in [0.2, 0.25) is 0 Å². The number of carboxylic acid groups (broad SMARTS) is 1. The lowest BCUT2D eigenvalue weighted by Crippen LogP contribution is -2.41. The summed E-state index contributed by atoms with van der Waals surface area (Å²) >= 11 is 0. The van der Waals surface area contributed by atoms with Crippen LogP contribution in [0.1, 0.15) is 18.1 Å². The van der Waals surface area contributed by atoms with Crippen LogP contribution in [0.4, 0.5) is 10.1 Å². The molecule has 0 aromatic heterocycles. The van der Waals surface area contributed by atoms with E-state index >= 15 is 0 Å². The Morgan fingerprint density at radius 2 is 1.75 bits per heavy atom. The van der Waals surface area contributed by atoms with E-state index in [1.807, 2.05) is 19.1 Å². The summed E-state index contributed by atoms with van der Waals surface area (Å²) in [6.07, 6.45) is 0. The molecule has 0 aliphatic rings. The maximum Gasteiger partial charge on any atom is 0.333 e. The fourth-order valence-electron chi connectivity index (χ4n) is 2.09. The van der Waals surface area contributed by atoms with Gasteiger partial charge in [-0.2, -0.15) is 0 Å². The Morgan fingerprint density at radius 1 is 1.15 bits per heavy atom. The average molecular weight is 273 g/mol. The van der Waals surface area contributed by atoms with Crippen molar-refractivity contribution in [2.75, 3.05) is 5.32 Å². The van der Waals surface area contributed by atoms with Crippen LogP contribution in [0.3, 0.4) is 0 Å². The van der Waals surface area contributed by atoms with Crippen LogP contribution in [0, 0.1) is 12.7 Å². The van der Waals surface area contributed by atoms with Crippen LogP contribution in [-0.2, 0) is 10.3 Å². The second-order valence-corrected chi connectivity index (χ2v) is 4.85. The van der Waals surface area contributed by atoms with Gasteiger partial charge >= 0.3 is 5.97 Å². The van der Waals surface area contributed by atoms with Gasteiger partial charge in [-0.3, -0.25) is 0 Å². The quantitative estimate of drug-likeness (QED) is 0.895. The van der Waals surface area contributed by atoms with Gasteiger partial charge in [0.25, 0.3) is 0 Å². The third kappa shape index (κ3) is 2.50. The predicted molar refractivity (Wildman–Crippen MR) is 76.2 cm³/mol. The van der Waals surface area contributed by atoms with Crippen LogP contribution in [0.25, 0.3) is 0 Å². The van der Waals surface area contributed by atoms with E-state index in [4.69, 9.17) is 0 Å². The van der Waals surface area contributed by atoms with Gasteiger partial charge in [0.15, 0.2) is 5.54 Å². The van der Waals surface area contributed by atoms with E-state index in [0.29, 0.717) is 5.69 Å². The highest BCUT2D eigenvalue weighted by atomic mass is 19.1. The summed E-state index contributed by atoms with van der Waals surface area (Å²) in [5.74, 6) is -1.68. The molecular weight excluding hydrogens is 257 g/mol. The highest BCUT2D eigenvalue weighted by Gasteiger charge is 2.37. The lowest BCUT2D eigenvalue weighted by atomic mass is 9.91. The molecule has 2 aromatic rings. The van der Waals surface area contributed by atoms with Crippen LogP contribution < -0.4 is 5.32 Å². The average Bonchev–Trinajstić information content (AvgIpc) is 2.41. The number of rotatable bonds is 4. The SMILES string of the molecule is Cc1ccccc1NC(C)(C(=O)O)c1ccccc1F. The molecule has 104 valence electrons. The minimum absolute atomic E-state index is 0.107. The molecule has 0 radical (unpaired) electrons. The molecule has 2 rings (SSSR count). The smallest absolute Gasteiger partial charge is 0.333 e. The fourth-order valence-corrected chi connectivity index (χ4v) is 2.09. The van der Waals surface area contributed by atoms with Crippen molar-refractivity contribution < 1.29 is 14.3 Å². The molecule has 0 spiro atoms. The number of anilines is 1. The number of nitrogens with one attached hydrogen (secondary N) is 1. The molecule has 0 saturated carbocycles. The molecule has 3 nitrogen and oxygen atoms in total. The van der Waals surface area contributed by atoms with Gasteiger partial charge < -0.3 is 10.4 Å². The molecular formula is C16H16FNO2. The summed E-state index contributed by atoms with van der Waals surface area (Å²) in [6, 6.07) is 13.2. The van der Waals surface area contributed by atoms with Crippen LogP contribution in [0.5, 0.6) is 0 Å². The Kier molecular flexibility index (Phi) is 3.74. The Morgan fingerprint density at radius 3 is 2.35 bits per heavy atom. The Hall–Kier alpha value is -2.36. The van der Waals surface area contributed by atoms with Crippen molar-refractivity contribution in [2.24, 2.45) is 0 Å². The zero-order valence-electron chi connectivity index (χ0n) is 11.4. The van der Waals surface area contributed by atoms with Crippen LogP contribution in [0.15, 0.2) is 48.5 Å². The number of hydrogen-bond acceptors (Lipinski definition) is 2.